The van der Waals surface area contributed by atoms with Crippen molar-refractivity contribution in [2.45, 2.75) is 31.8 Å². The third-order valence-corrected chi connectivity index (χ3v) is 4.70. The second-order valence-electron chi connectivity index (χ2n) is 6.52. The van der Waals surface area contributed by atoms with E-state index < -0.39 is 0 Å². The highest BCUT2D eigenvalue weighted by Gasteiger charge is 2.34. The summed E-state index contributed by atoms with van der Waals surface area (Å²) in [5.74, 6) is 0.949. The molecule has 1 atom stereocenters. The Bertz CT molecular complexity index is 688. The molecule has 122 valence electrons. The van der Waals surface area contributed by atoms with Crippen molar-refractivity contribution in [3.8, 4) is 0 Å². The molecule has 0 bridgehead atoms. The van der Waals surface area contributed by atoms with E-state index in [9.17, 15) is 4.79 Å². The SMILES string of the molecule is COC[C@@H]1CN(C(=O)c2ccoc2)Cc2ncn(CC3CC3)c21. The van der Waals surface area contributed by atoms with Gasteiger partial charge in [0.05, 0.1) is 37.0 Å². The fourth-order valence-electron chi connectivity index (χ4n) is 3.40. The van der Waals surface area contributed by atoms with E-state index in [4.69, 9.17) is 9.15 Å². The van der Waals surface area contributed by atoms with Gasteiger partial charge in [0.1, 0.15) is 6.26 Å². The highest BCUT2D eigenvalue weighted by atomic mass is 16.5. The molecule has 2 aromatic rings. The Balaban J connectivity index is 1.60. The van der Waals surface area contributed by atoms with Crippen molar-refractivity contribution in [3.05, 3.63) is 41.9 Å². The lowest BCUT2D eigenvalue weighted by molar-refractivity contribution is 0.0671. The van der Waals surface area contributed by atoms with Crippen LogP contribution in [0.2, 0.25) is 0 Å². The van der Waals surface area contributed by atoms with Crippen molar-refractivity contribution in [2.24, 2.45) is 5.92 Å². The van der Waals surface area contributed by atoms with E-state index in [1.807, 2.05) is 11.2 Å². The van der Waals surface area contributed by atoms with Crippen molar-refractivity contribution in [1.29, 1.82) is 0 Å². The Morgan fingerprint density at radius 3 is 3.04 bits per heavy atom. The molecule has 0 radical (unpaired) electrons. The van der Waals surface area contributed by atoms with Gasteiger partial charge in [0, 0.05) is 31.8 Å². The number of nitrogens with zero attached hydrogens (tertiary/aromatic N) is 3. The number of methoxy groups -OCH3 is 1. The van der Waals surface area contributed by atoms with Crippen molar-refractivity contribution in [1.82, 2.24) is 14.5 Å². The standard InChI is InChI=1S/C17H21N3O3/c1-22-9-14-7-19(17(21)13-4-5-23-10-13)8-15-16(14)20(11-18-15)6-12-2-3-12/h4-5,10-12,14H,2-3,6-9H2,1H3/t14-/m0/s1. The largest absolute Gasteiger partial charge is 0.472 e. The fourth-order valence-corrected chi connectivity index (χ4v) is 3.40. The van der Waals surface area contributed by atoms with Gasteiger partial charge >= 0.3 is 0 Å². The number of fused-ring (bicyclic) bond motifs is 1. The molecule has 2 aliphatic rings. The first-order chi connectivity index (χ1) is 11.3. The summed E-state index contributed by atoms with van der Waals surface area (Å²) in [5.41, 5.74) is 2.83. The van der Waals surface area contributed by atoms with E-state index in [0.29, 0.717) is 25.3 Å². The number of aromatic nitrogens is 2. The number of hydrogen-bond donors (Lipinski definition) is 0. The Labute approximate surface area is 135 Å². The number of furan rings is 1. The topological polar surface area (TPSA) is 60.5 Å². The van der Waals surface area contributed by atoms with Gasteiger partial charge in [-0.25, -0.2) is 4.98 Å². The molecule has 1 fully saturated rings. The van der Waals surface area contributed by atoms with Crippen LogP contribution in [0.3, 0.4) is 0 Å². The van der Waals surface area contributed by atoms with Gasteiger partial charge in [-0.3, -0.25) is 4.79 Å². The maximum Gasteiger partial charge on any atom is 0.257 e. The average molecular weight is 315 g/mol. The molecule has 3 heterocycles. The zero-order valence-electron chi connectivity index (χ0n) is 13.3. The second kappa shape index (κ2) is 5.85. The van der Waals surface area contributed by atoms with Gasteiger partial charge in [-0.15, -0.1) is 0 Å². The highest BCUT2D eigenvalue weighted by Crippen LogP contribution is 2.34. The van der Waals surface area contributed by atoms with Gasteiger partial charge in [0.15, 0.2) is 0 Å². The van der Waals surface area contributed by atoms with Crippen LogP contribution < -0.4 is 0 Å². The van der Waals surface area contributed by atoms with Gasteiger partial charge < -0.3 is 18.6 Å². The third-order valence-electron chi connectivity index (χ3n) is 4.70. The molecule has 0 aromatic carbocycles. The summed E-state index contributed by atoms with van der Waals surface area (Å²) in [6.45, 7) is 2.84. The number of carbonyl (C=O) groups excluding carboxylic acids is 1. The van der Waals surface area contributed by atoms with E-state index in [1.54, 1.807) is 13.2 Å². The lowest BCUT2D eigenvalue weighted by atomic mass is 9.98. The highest BCUT2D eigenvalue weighted by molar-refractivity contribution is 5.94. The van der Waals surface area contributed by atoms with Crippen LogP contribution in [-0.4, -0.2) is 40.6 Å². The summed E-state index contributed by atoms with van der Waals surface area (Å²) in [4.78, 5) is 19.0. The molecule has 2 aromatic heterocycles. The molecule has 4 rings (SSSR count). The number of rotatable bonds is 5. The van der Waals surface area contributed by atoms with Crippen molar-refractivity contribution in [3.63, 3.8) is 0 Å². The minimum absolute atomic E-state index is 0.0118. The zero-order valence-corrected chi connectivity index (χ0v) is 13.3. The lowest BCUT2D eigenvalue weighted by Gasteiger charge is -2.32. The zero-order chi connectivity index (χ0) is 15.8. The Morgan fingerprint density at radius 1 is 1.48 bits per heavy atom. The molecule has 0 unspecified atom stereocenters. The summed E-state index contributed by atoms with van der Waals surface area (Å²) >= 11 is 0. The third kappa shape index (κ3) is 2.79. The number of hydrogen-bond acceptors (Lipinski definition) is 4. The fraction of sp³-hybridized carbons (Fsp3) is 0.529. The molecular weight excluding hydrogens is 294 g/mol. The molecule has 6 nitrogen and oxygen atoms in total. The van der Waals surface area contributed by atoms with Crippen LogP contribution in [0.4, 0.5) is 0 Å². The Morgan fingerprint density at radius 2 is 2.35 bits per heavy atom. The Hall–Kier alpha value is -2.08. The van der Waals surface area contributed by atoms with Crippen molar-refractivity contribution in [2.75, 3.05) is 20.3 Å². The lowest BCUT2D eigenvalue weighted by Crippen LogP contribution is -2.40. The van der Waals surface area contributed by atoms with E-state index in [0.717, 1.165) is 18.2 Å². The van der Waals surface area contributed by atoms with Crippen LogP contribution in [0.25, 0.3) is 0 Å². The molecule has 23 heavy (non-hydrogen) atoms. The van der Waals surface area contributed by atoms with Crippen molar-refractivity contribution < 1.29 is 13.9 Å². The monoisotopic (exact) mass is 315 g/mol. The molecule has 0 N–H and O–H groups in total. The number of ether oxygens (including phenoxy) is 1. The number of amides is 1. The molecule has 0 spiro atoms. The van der Waals surface area contributed by atoms with E-state index >= 15 is 0 Å². The molecule has 1 aliphatic carbocycles. The van der Waals surface area contributed by atoms with Crippen LogP contribution in [0.15, 0.2) is 29.3 Å². The van der Waals surface area contributed by atoms with Crippen molar-refractivity contribution >= 4 is 5.91 Å². The van der Waals surface area contributed by atoms with E-state index in [1.165, 1.54) is 31.1 Å². The predicted molar refractivity (Wildman–Crippen MR) is 83.0 cm³/mol. The first-order valence-electron chi connectivity index (χ1n) is 8.10. The summed E-state index contributed by atoms with van der Waals surface area (Å²) in [6.07, 6.45) is 7.58. The van der Waals surface area contributed by atoms with Crippen LogP contribution in [-0.2, 0) is 17.8 Å². The quantitative estimate of drug-likeness (QED) is 0.849. The second-order valence-corrected chi connectivity index (χ2v) is 6.52. The summed E-state index contributed by atoms with van der Waals surface area (Å²) < 4.78 is 12.7. The normalized spacial score (nSPS) is 20.6. The van der Waals surface area contributed by atoms with Gasteiger partial charge in [0.2, 0.25) is 0 Å². The maximum absolute atomic E-state index is 12.6. The molecule has 1 amide bonds. The first kappa shape index (κ1) is 14.5. The molecular formula is C17H21N3O3. The minimum atomic E-state index is -0.0118. The summed E-state index contributed by atoms with van der Waals surface area (Å²) in [6, 6.07) is 1.70. The minimum Gasteiger partial charge on any atom is -0.472 e. The number of carbonyl (C=O) groups is 1. The molecule has 1 aliphatic heterocycles. The maximum atomic E-state index is 12.6. The summed E-state index contributed by atoms with van der Waals surface area (Å²) in [7, 11) is 1.71. The first-order valence-corrected chi connectivity index (χ1v) is 8.10. The number of imidazole rings is 1. The van der Waals surface area contributed by atoms with Gasteiger partial charge in [-0.05, 0) is 24.8 Å². The van der Waals surface area contributed by atoms with Crippen LogP contribution in [0, 0.1) is 5.92 Å². The predicted octanol–water partition coefficient (Wildman–Crippen LogP) is 2.27. The molecule has 6 heteroatoms. The van der Waals surface area contributed by atoms with Crippen LogP contribution in [0.5, 0.6) is 0 Å². The van der Waals surface area contributed by atoms with Gasteiger partial charge in [-0.1, -0.05) is 0 Å². The Kier molecular flexibility index (Phi) is 3.69. The summed E-state index contributed by atoms with van der Waals surface area (Å²) in [5, 5.41) is 0. The van der Waals surface area contributed by atoms with E-state index in [-0.39, 0.29) is 11.8 Å². The van der Waals surface area contributed by atoms with Crippen LogP contribution in [0.1, 0.15) is 40.5 Å². The van der Waals surface area contributed by atoms with Crippen LogP contribution >= 0.6 is 0 Å². The van der Waals surface area contributed by atoms with E-state index in [2.05, 4.69) is 9.55 Å². The van der Waals surface area contributed by atoms with Gasteiger partial charge in [-0.2, -0.15) is 0 Å². The molecule has 1 saturated carbocycles. The molecule has 0 saturated heterocycles. The van der Waals surface area contributed by atoms with Gasteiger partial charge in [0.25, 0.3) is 5.91 Å². The average Bonchev–Trinajstić information content (AvgIpc) is 3.04. The smallest absolute Gasteiger partial charge is 0.257 e.